The van der Waals surface area contributed by atoms with Gasteiger partial charge in [-0.1, -0.05) is 12.1 Å². The summed E-state index contributed by atoms with van der Waals surface area (Å²) in [4.78, 5) is 16.2. The van der Waals surface area contributed by atoms with E-state index in [-0.39, 0.29) is 5.56 Å². The molecule has 0 amide bonds. The Bertz CT molecular complexity index is 596. The number of aryl methyl sites for hydroxylation is 3. The summed E-state index contributed by atoms with van der Waals surface area (Å²) in [5, 5.41) is 6.93. The third-order valence-electron chi connectivity index (χ3n) is 2.99. The lowest BCUT2D eigenvalue weighted by molar-refractivity contribution is 0.392. The molecule has 6 nitrogen and oxygen atoms in total. The van der Waals surface area contributed by atoms with Gasteiger partial charge in [-0.25, -0.2) is 4.98 Å². The Labute approximate surface area is 111 Å². The Morgan fingerprint density at radius 1 is 1.42 bits per heavy atom. The van der Waals surface area contributed by atoms with E-state index in [2.05, 4.69) is 15.5 Å². The van der Waals surface area contributed by atoms with Crippen molar-refractivity contribution in [1.82, 2.24) is 14.7 Å². The van der Waals surface area contributed by atoms with Crippen LogP contribution < -0.4 is 10.9 Å². The lowest BCUT2D eigenvalue weighted by Gasteiger charge is -2.07. The summed E-state index contributed by atoms with van der Waals surface area (Å²) in [5.41, 5.74) is 1.69. The lowest BCUT2D eigenvalue weighted by atomic mass is 10.2. The van der Waals surface area contributed by atoms with E-state index in [1.165, 1.54) is 0 Å². The molecule has 0 fully saturated rings. The first-order valence-corrected chi connectivity index (χ1v) is 6.34. The first-order chi connectivity index (χ1) is 9.13. The van der Waals surface area contributed by atoms with Crippen LogP contribution >= 0.6 is 0 Å². The van der Waals surface area contributed by atoms with Crippen LogP contribution in [-0.4, -0.2) is 14.7 Å². The number of nitrogens with one attached hydrogen (secondary N) is 1. The number of hydrogen-bond donors (Lipinski definition) is 1. The third-order valence-corrected chi connectivity index (χ3v) is 2.99. The van der Waals surface area contributed by atoms with E-state index in [0.29, 0.717) is 18.9 Å². The Balaban J connectivity index is 2.16. The fourth-order valence-corrected chi connectivity index (χ4v) is 1.91. The average Bonchev–Trinajstić information content (AvgIpc) is 2.71. The largest absolute Gasteiger partial charge is 0.361 e. The summed E-state index contributed by atoms with van der Waals surface area (Å²) >= 11 is 0. The van der Waals surface area contributed by atoms with Crippen molar-refractivity contribution in [3.63, 3.8) is 0 Å². The van der Waals surface area contributed by atoms with Gasteiger partial charge in [-0.3, -0.25) is 4.79 Å². The fourth-order valence-electron chi connectivity index (χ4n) is 1.91. The minimum atomic E-state index is -0.101. The van der Waals surface area contributed by atoms with Crippen LogP contribution in [0.15, 0.2) is 21.7 Å². The van der Waals surface area contributed by atoms with Crippen molar-refractivity contribution in [2.24, 2.45) is 0 Å². The zero-order valence-electron chi connectivity index (χ0n) is 11.4. The summed E-state index contributed by atoms with van der Waals surface area (Å²) in [6.07, 6.45) is 4.24. The van der Waals surface area contributed by atoms with Crippen molar-refractivity contribution in [3.8, 4) is 0 Å². The van der Waals surface area contributed by atoms with Crippen LogP contribution in [0.25, 0.3) is 0 Å². The predicted molar refractivity (Wildman–Crippen MR) is 72.1 cm³/mol. The molecule has 6 heteroatoms. The van der Waals surface area contributed by atoms with Crippen molar-refractivity contribution in [1.29, 1.82) is 0 Å². The SMILES string of the molecule is CCCn1ccnc(NCc2c(C)noc2C)c1=O. The highest BCUT2D eigenvalue weighted by molar-refractivity contribution is 5.34. The highest BCUT2D eigenvalue weighted by Crippen LogP contribution is 2.12. The lowest BCUT2D eigenvalue weighted by Crippen LogP contribution is -2.24. The van der Waals surface area contributed by atoms with Gasteiger partial charge in [0.2, 0.25) is 0 Å². The smallest absolute Gasteiger partial charge is 0.293 e. The molecule has 2 rings (SSSR count). The van der Waals surface area contributed by atoms with Crippen LogP contribution in [0.3, 0.4) is 0 Å². The number of anilines is 1. The number of nitrogens with zero attached hydrogens (tertiary/aromatic N) is 3. The molecule has 1 N–H and O–H groups in total. The van der Waals surface area contributed by atoms with Gasteiger partial charge in [0.1, 0.15) is 5.76 Å². The van der Waals surface area contributed by atoms with Gasteiger partial charge in [-0.05, 0) is 20.3 Å². The van der Waals surface area contributed by atoms with Gasteiger partial charge in [-0.2, -0.15) is 0 Å². The second-order valence-electron chi connectivity index (χ2n) is 4.43. The summed E-state index contributed by atoms with van der Waals surface area (Å²) in [6.45, 7) is 6.94. The van der Waals surface area contributed by atoms with Crippen molar-refractivity contribution >= 4 is 5.82 Å². The van der Waals surface area contributed by atoms with Gasteiger partial charge in [0.15, 0.2) is 5.82 Å². The summed E-state index contributed by atoms with van der Waals surface area (Å²) in [7, 11) is 0. The topological polar surface area (TPSA) is 73.0 Å². The van der Waals surface area contributed by atoms with Gasteiger partial charge in [-0.15, -0.1) is 0 Å². The van der Waals surface area contributed by atoms with Gasteiger partial charge in [0.25, 0.3) is 5.56 Å². The summed E-state index contributed by atoms with van der Waals surface area (Å²) < 4.78 is 6.74. The molecule has 0 aliphatic heterocycles. The van der Waals surface area contributed by atoms with Crippen LogP contribution in [-0.2, 0) is 13.1 Å². The number of rotatable bonds is 5. The molecular formula is C13H18N4O2. The molecule has 0 aliphatic rings. The van der Waals surface area contributed by atoms with Crippen molar-refractivity contribution < 1.29 is 4.52 Å². The molecule has 0 aromatic carbocycles. The molecule has 0 saturated heterocycles. The van der Waals surface area contributed by atoms with E-state index in [9.17, 15) is 4.79 Å². The summed E-state index contributed by atoms with van der Waals surface area (Å²) in [5.74, 6) is 1.12. The van der Waals surface area contributed by atoms with Crippen molar-refractivity contribution in [2.75, 3.05) is 5.32 Å². The highest BCUT2D eigenvalue weighted by atomic mass is 16.5. The zero-order chi connectivity index (χ0) is 13.8. The quantitative estimate of drug-likeness (QED) is 0.890. The van der Waals surface area contributed by atoms with E-state index in [4.69, 9.17) is 4.52 Å². The fraction of sp³-hybridized carbons (Fsp3) is 0.462. The Hall–Kier alpha value is -2.11. The van der Waals surface area contributed by atoms with Crippen LogP contribution in [0.5, 0.6) is 0 Å². The van der Waals surface area contributed by atoms with Gasteiger partial charge >= 0.3 is 0 Å². The molecule has 19 heavy (non-hydrogen) atoms. The minimum Gasteiger partial charge on any atom is -0.361 e. The molecule has 2 aromatic rings. The molecule has 0 saturated carbocycles. The van der Waals surface area contributed by atoms with Crippen LogP contribution in [0, 0.1) is 13.8 Å². The first kappa shape index (κ1) is 13.3. The maximum Gasteiger partial charge on any atom is 0.293 e. The second-order valence-corrected chi connectivity index (χ2v) is 4.43. The van der Waals surface area contributed by atoms with Crippen molar-refractivity contribution in [3.05, 3.63) is 39.8 Å². The Morgan fingerprint density at radius 3 is 2.84 bits per heavy atom. The Kier molecular flexibility index (Phi) is 3.99. The zero-order valence-corrected chi connectivity index (χ0v) is 11.4. The number of aromatic nitrogens is 3. The Morgan fingerprint density at radius 2 is 2.21 bits per heavy atom. The van der Waals surface area contributed by atoms with Crippen LogP contribution in [0.1, 0.15) is 30.4 Å². The monoisotopic (exact) mass is 262 g/mol. The highest BCUT2D eigenvalue weighted by Gasteiger charge is 2.10. The normalized spacial score (nSPS) is 10.7. The average molecular weight is 262 g/mol. The maximum atomic E-state index is 12.1. The molecule has 2 heterocycles. The van der Waals surface area contributed by atoms with E-state index >= 15 is 0 Å². The molecular weight excluding hydrogens is 244 g/mol. The molecule has 102 valence electrons. The molecule has 0 atom stereocenters. The standard InChI is InChI=1S/C13H18N4O2/c1-4-6-17-7-5-14-12(13(17)18)15-8-11-9(2)16-19-10(11)3/h5,7H,4,6,8H2,1-3H3,(H,14,15). The van der Waals surface area contributed by atoms with E-state index < -0.39 is 0 Å². The molecule has 2 aromatic heterocycles. The minimum absolute atomic E-state index is 0.101. The van der Waals surface area contributed by atoms with Crippen LogP contribution in [0.2, 0.25) is 0 Å². The van der Waals surface area contributed by atoms with E-state index in [1.54, 1.807) is 17.0 Å². The molecule has 0 unspecified atom stereocenters. The van der Waals surface area contributed by atoms with Gasteiger partial charge < -0.3 is 14.4 Å². The van der Waals surface area contributed by atoms with Gasteiger partial charge in [0.05, 0.1) is 5.69 Å². The third kappa shape index (κ3) is 2.83. The van der Waals surface area contributed by atoms with E-state index in [0.717, 1.165) is 23.4 Å². The first-order valence-electron chi connectivity index (χ1n) is 6.34. The molecule has 0 spiro atoms. The molecule has 0 radical (unpaired) electrons. The second kappa shape index (κ2) is 5.69. The molecule has 0 aliphatic carbocycles. The van der Waals surface area contributed by atoms with Crippen LogP contribution in [0.4, 0.5) is 5.82 Å². The maximum absolute atomic E-state index is 12.1. The number of hydrogen-bond acceptors (Lipinski definition) is 5. The molecule has 0 bridgehead atoms. The van der Waals surface area contributed by atoms with Gasteiger partial charge in [0, 0.05) is 31.0 Å². The predicted octanol–water partition coefficient (Wildman–Crippen LogP) is 1.87. The van der Waals surface area contributed by atoms with Crippen molar-refractivity contribution in [2.45, 2.75) is 40.3 Å². The summed E-state index contributed by atoms with van der Waals surface area (Å²) in [6, 6.07) is 0. The van der Waals surface area contributed by atoms with E-state index in [1.807, 2.05) is 20.8 Å².